The van der Waals surface area contributed by atoms with Crippen LogP contribution in [0.5, 0.6) is 0 Å². The van der Waals surface area contributed by atoms with E-state index in [0.29, 0.717) is 37.7 Å². The lowest BCUT2D eigenvalue weighted by atomic mass is 10.1. The molecule has 3 N–H and O–H groups in total. The van der Waals surface area contributed by atoms with Crippen molar-refractivity contribution < 1.29 is 27.1 Å². The van der Waals surface area contributed by atoms with E-state index in [1.54, 1.807) is 11.8 Å². The first-order valence-electron chi connectivity index (χ1n) is 12.2. The molecule has 208 valence electrons. The van der Waals surface area contributed by atoms with E-state index in [4.69, 9.17) is 4.74 Å². The molecule has 0 radical (unpaired) electrons. The van der Waals surface area contributed by atoms with Gasteiger partial charge in [-0.3, -0.25) is 14.8 Å². The number of nitrogens with zero attached hydrogens (tertiary/aromatic N) is 4. The Labute approximate surface area is 225 Å². The number of aromatic nitrogens is 3. The van der Waals surface area contributed by atoms with Crippen LogP contribution >= 0.6 is 0 Å². The van der Waals surface area contributed by atoms with E-state index in [1.807, 2.05) is 25.7 Å². The molecular weight excluding hydrogens is 529 g/mol. The molecule has 0 atom stereocenters. The fourth-order valence-electron chi connectivity index (χ4n) is 3.79. The summed E-state index contributed by atoms with van der Waals surface area (Å²) in [4.78, 5) is 33.0. The summed E-state index contributed by atoms with van der Waals surface area (Å²) in [5, 5.41) is 9.43. The van der Waals surface area contributed by atoms with Gasteiger partial charge in [0, 0.05) is 37.4 Å². The van der Waals surface area contributed by atoms with Crippen LogP contribution in [0.25, 0.3) is 0 Å². The number of amides is 2. The maximum Gasteiger partial charge on any atom is 0.410 e. The molecule has 1 aliphatic rings. The lowest BCUT2D eigenvalue weighted by Gasteiger charge is -2.35. The standard InChI is InChI=1S/C25H30FN7O5S/c1-16-5-10-19(39(36,37)31-18-8-6-17(26)7-9-18)15-20(16)21(34)27-22-28-23(30-29-22)32-11-13-33(14-12-32)24(35)38-25(2,3)4/h5-10,15,31H,11-14H2,1-4H3,(H2,27,28,29,30,34). The molecule has 12 nitrogen and oxygen atoms in total. The van der Waals surface area contributed by atoms with Crippen molar-refractivity contribution in [3.63, 3.8) is 0 Å². The van der Waals surface area contributed by atoms with Crippen molar-refractivity contribution in [3.8, 4) is 0 Å². The van der Waals surface area contributed by atoms with Gasteiger partial charge in [0.25, 0.3) is 15.9 Å². The number of sulfonamides is 1. The fourth-order valence-corrected chi connectivity index (χ4v) is 4.87. The summed E-state index contributed by atoms with van der Waals surface area (Å²) in [5.41, 5.74) is 0.280. The zero-order valence-corrected chi connectivity index (χ0v) is 22.8. The second-order valence-electron chi connectivity index (χ2n) is 9.98. The van der Waals surface area contributed by atoms with Crippen molar-refractivity contribution in [2.45, 2.75) is 38.2 Å². The molecule has 1 fully saturated rings. The molecule has 2 amide bonds. The summed E-state index contributed by atoms with van der Waals surface area (Å²) in [7, 11) is -4.03. The third-order valence-corrected chi connectivity index (χ3v) is 7.16. The Kier molecular flexibility index (Phi) is 7.77. The van der Waals surface area contributed by atoms with Gasteiger partial charge < -0.3 is 14.5 Å². The number of hydrogen-bond donors (Lipinski definition) is 3. The molecule has 0 aliphatic carbocycles. The number of carbonyl (C=O) groups excluding carboxylic acids is 2. The highest BCUT2D eigenvalue weighted by molar-refractivity contribution is 7.92. The minimum Gasteiger partial charge on any atom is -0.444 e. The van der Waals surface area contributed by atoms with Crippen LogP contribution in [0.15, 0.2) is 47.4 Å². The molecule has 39 heavy (non-hydrogen) atoms. The highest BCUT2D eigenvalue weighted by Crippen LogP contribution is 2.21. The molecule has 3 aromatic rings. The lowest BCUT2D eigenvalue weighted by Crippen LogP contribution is -2.50. The highest BCUT2D eigenvalue weighted by Gasteiger charge is 2.27. The van der Waals surface area contributed by atoms with Crippen molar-refractivity contribution >= 4 is 39.6 Å². The molecule has 0 spiro atoms. The van der Waals surface area contributed by atoms with Crippen LogP contribution in [0.4, 0.5) is 26.8 Å². The van der Waals surface area contributed by atoms with E-state index < -0.39 is 27.3 Å². The predicted molar refractivity (Wildman–Crippen MR) is 143 cm³/mol. The van der Waals surface area contributed by atoms with Gasteiger partial charge in [-0.2, -0.15) is 4.98 Å². The number of H-pyrrole nitrogens is 1. The molecule has 14 heteroatoms. The molecule has 2 aromatic carbocycles. The lowest BCUT2D eigenvalue weighted by molar-refractivity contribution is 0.0240. The maximum absolute atomic E-state index is 13.2. The summed E-state index contributed by atoms with van der Waals surface area (Å²) < 4.78 is 46.6. The third-order valence-electron chi connectivity index (χ3n) is 5.78. The predicted octanol–water partition coefficient (Wildman–Crippen LogP) is 3.36. The Morgan fingerprint density at radius 2 is 1.72 bits per heavy atom. The van der Waals surface area contributed by atoms with Crippen LogP contribution in [0, 0.1) is 12.7 Å². The Balaban J connectivity index is 1.40. The normalized spacial score (nSPS) is 14.2. The maximum atomic E-state index is 13.2. The topological polar surface area (TPSA) is 150 Å². The van der Waals surface area contributed by atoms with Crippen molar-refractivity contribution in [2.24, 2.45) is 0 Å². The molecule has 0 unspecified atom stereocenters. The molecular formula is C25H30FN7O5S. The van der Waals surface area contributed by atoms with Crippen molar-refractivity contribution in [3.05, 3.63) is 59.4 Å². The summed E-state index contributed by atoms with van der Waals surface area (Å²) in [6.45, 7) is 8.92. The quantitative estimate of drug-likeness (QED) is 0.416. The Hall–Kier alpha value is -4.20. The van der Waals surface area contributed by atoms with Gasteiger partial charge in [-0.25, -0.2) is 22.7 Å². The second kappa shape index (κ2) is 10.9. The van der Waals surface area contributed by atoms with E-state index in [2.05, 4.69) is 25.2 Å². The van der Waals surface area contributed by atoms with Crippen LogP contribution in [-0.4, -0.2) is 72.3 Å². The number of aryl methyl sites for hydroxylation is 1. The number of halogens is 1. The molecule has 4 rings (SSSR count). The first-order valence-corrected chi connectivity index (χ1v) is 13.6. The number of aromatic amines is 1. The minimum atomic E-state index is -4.03. The number of ether oxygens (including phenoxy) is 1. The zero-order chi connectivity index (χ0) is 28.4. The molecule has 1 aromatic heterocycles. The average molecular weight is 560 g/mol. The molecule has 0 saturated carbocycles. The van der Waals surface area contributed by atoms with Gasteiger partial charge >= 0.3 is 6.09 Å². The molecule has 1 saturated heterocycles. The highest BCUT2D eigenvalue weighted by atomic mass is 32.2. The van der Waals surface area contributed by atoms with Crippen molar-refractivity contribution in [1.82, 2.24) is 20.1 Å². The van der Waals surface area contributed by atoms with Gasteiger partial charge in [0.05, 0.1) is 4.90 Å². The second-order valence-corrected chi connectivity index (χ2v) is 11.7. The van der Waals surface area contributed by atoms with Crippen LogP contribution in [0.3, 0.4) is 0 Å². The first-order chi connectivity index (χ1) is 18.3. The number of anilines is 3. The number of benzene rings is 2. The van der Waals surface area contributed by atoms with Crippen LogP contribution in [0.2, 0.25) is 0 Å². The zero-order valence-electron chi connectivity index (χ0n) is 22.0. The van der Waals surface area contributed by atoms with Gasteiger partial charge in [0.1, 0.15) is 11.4 Å². The largest absolute Gasteiger partial charge is 0.444 e. The van der Waals surface area contributed by atoms with E-state index in [0.717, 1.165) is 12.1 Å². The monoisotopic (exact) mass is 559 g/mol. The van der Waals surface area contributed by atoms with Crippen LogP contribution in [-0.2, 0) is 14.8 Å². The summed E-state index contributed by atoms with van der Waals surface area (Å²) >= 11 is 0. The Morgan fingerprint density at radius 3 is 2.36 bits per heavy atom. The van der Waals surface area contributed by atoms with Crippen LogP contribution in [0.1, 0.15) is 36.7 Å². The SMILES string of the molecule is Cc1ccc(S(=O)(=O)Nc2ccc(F)cc2)cc1C(=O)Nc1nc(N2CCN(C(=O)OC(C)(C)C)CC2)n[nH]1. The summed E-state index contributed by atoms with van der Waals surface area (Å²) in [6, 6.07) is 9.02. The van der Waals surface area contributed by atoms with E-state index in [9.17, 15) is 22.4 Å². The number of piperazine rings is 1. The fraction of sp³-hybridized carbons (Fsp3) is 0.360. The molecule has 1 aliphatic heterocycles. The summed E-state index contributed by atoms with van der Waals surface area (Å²) in [6.07, 6.45) is -0.377. The Bertz CT molecular complexity index is 1460. The van der Waals surface area contributed by atoms with E-state index in [1.165, 1.54) is 30.3 Å². The van der Waals surface area contributed by atoms with Gasteiger partial charge in [-0.05, 0) is 69.7 Å². The third kappa shape index (κ3) is 7.02. The first kappa shape index (κ1) is 27.8. The Morgan fingerprint density at radius 1 is 1.05 bits per heavy atom. The van der Waals surface area contributed by atoms with Crippen molar-refractivity contribution in [1.29, 1.82) is 0 Å². The van der Waals surface area contributed by atoms with Gasteiger partial charge in [-0.15, -0.1) is 5.10 Å². The van der Waals surface area contributed by atoms with Gasteiger partial charge in [0.15, 0.2) is 0 Å². The summed E-state index contributed by atoms with van der Waals surface area (Å²) in [5.74, 6) is -0.637. The van der Waals surface area contributed by atoms with E-state index in [-0.39, 0.29) is 28.2 Å². The van der Waals surface area contributed by atoms with E-state index >= 15 is 0 Å². The molecule has 2 heterocycles. The minimum absolute atomic E-state index is 0.0849. The average Bonchev–Trinajstić information content (AvgIpc) is 3.33. The number of rotatable bonds is 6. The number of carbonyl (C=O) groups is 2. The number of nitrogens with one attached hydrogen (secondary N) is 3. The number of hydrogen-bond acceptors (Lipinski definition) is 8. The van der Waals surface area contributed by atoms with Gasteiger partial charge in [-0.1, -0.05) is 6.07 Å². The molecule has 0 bridgehead atoms. The van der Waals surface area contributed by atoms with Gasteiger partial charge in [0.2, 0.25) is 11.9 Å². The van der Waals surface area contributed by atoms with Crippen LogP contribution < -0.4 is 14.9 Å². The smallest absolute Gasteiger partial charge is 0.410 e. The van der Waals surface area contributed by atoms with Crippen molar-refractivity contribution in [2.75, 3.05) is 41.1 Å².